The van der Waals surface area contributed by atoms with Crippen molar-refractivity contribution in [3.63, 3.8) is 0 Å². The maximum Gasteiger partial charge on any atom is 0.341 e. The summed E-state index contributed by atoms with van der Waals surface area (Å²) >= 11 is 0. The molecule has 1 aromatic rings. The van der Waals surface area contributed by atoms with Gasteiger partial charge in [0.2, 0.25) is 0 Å². The van der Waals surface area contributed by atoms with Crippen molar-refractivity contribution in [3.8, 4) is 0 Å². The molecule has 1 aliphatic heterocycles. The molecule has 6 heteroatoms. The van der Waals surface area contributed by atoms with Gasteiger partial charge in [0.15, 0.2) is 0 Å². The molecular weight excluding hydrogens is 244 g/mol. The molecule has 0 atom stereocenters. The maximum atomic E-state index is 11.7. The molecule has 2 rings (SSSR count). The van der Waals surface area contributed by atoms with Crippen molar-refractivity contribution < 1.29 is 9.53 Å². The fourth-order valence-corrected chi connectivity index (χ4v) is 2.26. The van der Waals surface area contributed by atoms with Crippen LogP contribution in [0, 0.1) is 0 Å². The minimum absolute atomic E-state index is 0. The summed E-state index contributed by atoms with van der Waals surface area (Å²) in [5.41, 5.74) is 6.22. The van der Waals surface area contributed by atoms with E-state index in [0.717, 1.165) is 25.9 Å². The number of nitrogens with two attached hydrogens (primary N) is 1. The zero-order valence-corrected chi connectivity index (χ0v) is 11.4. The Labute approximate surface area is 113 Å². The van der Waals surface area contributed by atoms with Gasteiger partial charge in [-0.1, -0.05) is 12.8 Å². The van der Waals surface area contributed by atoms with Gasteiger partial charge in [-0.25, -0.2) is 9.78 Å². The largest absolute Gasteiger partial charge is 0.465 e. The van der Waals surface area contributed by atoms with Gasteiger partial charge in [0.1, 0.15) is 17.2 Å². The molecule has 0 aromatic carbocycles. The standard InChI is InChI=1S/C13H19N3O2.H3N/c1-18-13(17)10-6-7-11(14)15-12(10)16-8-4-2-3-5-9-16;/h6-7H,2-5,8-9H2,1H3,(H2,14,15);1H3. The first-order chi connectivity index (χ1) is 8.72. The number of nitrogens with zero attached hydrogens (tertiary/aromatic N) is 2. The Morgan fingerprint density at radius 3 is 2.47 bits per heavy atom. The van der Waals surface area contributed by atoms with Crippen molar-refractivity contribution in [1.29, 1.82) is 0 Å². The normalized spacial score (nSPS) is 15.3. The molecular formula is C13H22N4O2. The van der Waals surface area contributed by atoms with E-state index in [1.54, 1.807) is 12.1 Å². The Morgan fingerprint density at radius 1 is 1.26 bits per heavy atom. The van der Waals surface area contributed by atoms with Crippen LogP contribution >= 0.6 is 0 Å². The minimum atomic E-state index is -0.359. The smallest absolute Gasteiger partial charge is 0.341 e. The van der Waals surface area contributed by atoms with E-state index in [2.05, 4.69) is 9.88 Å². The number of hydrogen-bond donors (Lipinski definition) is 2. The molecule has 2 heterocycles. The van der Waals surface area contributed by atoms with E-state index in [0.29, 0.717) is 17.2 Å². The molecule has 0 unspecified atom stereocenters. The first kappa shape index (κ1) is 15.2. The first-order valence-electron chi connectivity index (χ1n) is 6.32. The van der Waals surface area contributed by atoms with Crippen LogP contribution in [0.15, 0.2) is 12.1 Å². The number of anilines is 2. The van der Waals surface area contributed by atoms with Gasteiger partial charge in [0.05, 0.1) is 7.11 Å². The van der Waals surface area contributed by atoms with Gasteiger partial charge >= 0.3 is 5.97 Å². The Bertz CT molecular complexity index is 429. The molecule has 0 radical (unpaired) electrons. The molecule has 0 aliphatic carbocycles. The van der Waals surface area contributed by atoms with Crippen LogP contribution in [-0.2, 0) is 4.74 Å². The second-order valence-corrected chi connectivity index (χ2v) is 4.50. The number of pyridine rings is 1. The van der Waals surface area contributed by atoms with Crippen LogP contribution in [0.5, 0.6) is 0 Å². The quantitative estimate of drug-likeness (QED) is 0.793. The summed E-state index contributed by atoms with van der Waals surface area (Å²) in [5, 5.41) is 0. The SMILES string of the molecule is COC(=O)c1ccc(N)nc1N1CCCCCC1.N. The second-order valence-electron chi connectivity index (χ2n) is 4.50. The average Bonchev–Trinajstić information content (AvgIpc) is 2.66. The summed E-state index contributed by atoms with van der Waals surface area (Å²) in [5.74, 6) is 0.729. The number of ether oxygens (including phenoxy) is 1. The van der Waals surface area contributed by atoms with Crippen LogP contribution in [0.3, 0.4) is 0 Å². The van der Waals surface area contributed by atoms with Gasteiger partial charge in [-0.2, -0.15) is 0 Å². The van der Waals surface area contributed by atoms with Gasteiger partial charge in [-0.05, 0) is 25.0 Å². The molecule has 0 bridgehead atoms. The van der Waals surface area contributed by atoms with Gasteiger partial charge in [-0.15, -0.1) is 0 Å². The van der Waals surface area contributed by atoms with Crippen LogP contribution in [0.25, 0.3) is 0 Å². The van der Waals surface area contributed by atoms with E-state index in [4.69, 9.17) is 10.5 Å². The topological polar surface area (TPSA) is 103 Å². The van der Waals surface area contributed by atoms with Gasteiger partial charge in [0.25, 0.3) is 0 Å². The lowest BCUT2D eigenvalue weighted by molar-refractivity contribution is 0.0601. The second kappa shape index (κ2) is 6.94. The zero-order valence-electron chi connectivity index (χ0n) is 11.4. The highest BCUT2D eigenvalue weighted by Crippen LogP contribution is 2.23. The van der Waals surface area contributed by atoms with Crippen molar-refractivity contribution in [2.75, 3.05) is 30.8 Å². The third kappa shape index (κ3) is 3.57. The van der Waals surface area contributed by atoms with Crippen LogP contribution in [0.4, 0.5) is 11.6 Å². The number of aromatic nitrogens is 1. The lowest BCUT2D eigenvalue weighted by atomic mass is 10.2. The predicted molar refractivity (Wildman–Crippen MR) is 75.7 cm³/mol. The number of carbonyl (C=O) groups is 1. The zero-order chi connectivity index (χ0) is 13.0. The van der Waals surface area contributed by atoms with Crippen molar-refractivity contribution >= 4 is 17.6 Å². The van der Waals surface area contributed by atoms with Gasteiger partial charge in [0, 0.05) is 13.1 Å². The van der Waals surface area contributed by atoms with Crippen LogP contribution in [0.2, 0.25) is 0 Å². The summed E-state index contributed by atoms with van der Waals surface area (Å²) in [7, 11) is 1.38. The Morgan fingerprint density at radius 2 is 1.89 bits per heavy atom. The third-order valence-corrected chi connectivity index (χ3v) is 3.21. The van der Waals surface area contributed by atoms with E-state index >= 15 is 0 Å². The Hall–Kier alpha value is -1.82. The number of rotatable bonds is 2. The maximum absolute atomic E-state index is 11.7. The third-order valence-electron chi connectivity index (χ3n) is 3.21. The van der Waals surface area contributed by atoms with E-state index in [1.807, 2.05) is 0 Å². The molecule has 1 aromatic heterocycles. The van der Waals surface area contributed by atoms with Gasteiger partial charge in [-0.3, -0.25) is 0 Å². The van der Waals surface area contributed by atoms with Crippen LogP contribution < -0.4 is 16.8 Å². The van der Waals surface area contributed by atoms with Crippen LogP contribution in [-0.4, -0.2) is 31.2 Å². The summed E-state index contributed by atoms with van der Waals surface area (Å²) in [6.07, 6.45) is 4.70. The molecule has 19 heavy (non-hydrogen) atoms. The highest BCUT2D eigenvalue weighted by Gasteiger charge is 2.20. The molecule has 6 nitrogen and oxygen atoms in total. The molecule has 1 saturated heterocycles. The average molecular weight is 266 g/mol. The van der Waals surface area contributed by atoms with E-state index < -0.39 is 0 Å². The number of hydrogen-bond acceptors (Lipinski definition) is 6. The minimum Gasteiger partial charge on any atom is -0.465 e. The molecule has 1 fully saturated rings. The number of esters is 1. The molecule has 0 amide bonds. The highest BCUT2D eigenvalue weighted by molar-refractivity contribution is 5.95. The molecule has 0 spiro atoms. The fraction of sp³-hybridized carbons (Fsp3) is 0.538. The van der Waals surface area contributed by atoms with Crippen molar-refractivity contribution in [1.82, 2.24) is 11.1 Å². The predicted octanol–water partition coefficient (Wildman–Crippen LogP) is 1.99. The summed E-state index contributed by atoms with van der Waals surface area (Å²) in [4.78, 5) is 18.2. The lowest BCUT2D eigenvalue weighted by Crippen LogP contribution is -2.27. The molecule has 5 N–H and O–H groups in total. The Balaban J connectivity index is 0.00000180. The van der Waals surface area contributed by atoms with E-state index in [9.17, 15) is 4.79 Å². The fourth-order valence-electron chi connectivity index (χ4n) is 2.26. The lowest BCUT2D eigenvalue weighted by Gasteiger charge is -2.23. The van der Waals surface area contributed by atoms with Crippen molar-refractivity contribution in [2.24, 2.45) is 0 Å². The summed E-state index contributed by atoms with van der Waals surface area (Å²) in [6.45, 7) is 1.83. The van der Waals surface area contributed by atoms with Crippen molar-refractivity contribution in [3.05, 3.63) is 17.7 Å². The number of methoxy groups -OCH3 is 1. The monoisotopic (exact) mass is 266 g/mol. The highest BCUT2D eigenvalue weighted by atomic mass is 16.5. The Kier molecular flexibility index (Phi) is 5.57. The van der Waals surface area contributed by atoms with Crippen molar-refractivity contribution in [2.45, 2.75) is 25.7 Å². The first-order valence-corrected chi connectivity index (χ1v) is 6.32. The summed E-state index contributed by atoms with van der Waals surface area (Å²) < 4.78 is 4.79. The van der Waals surface area contributed by atoms with Gasteiger partial charge < -0.3 is 21.5 Å². The van der Waals surface area contributed by atoms with Crippen LogP contribution in [0.1, 0.15) is 36.0 Å². The molecule has 106 valence electrons. The van der Waals surface area contributed by atoms with E-state index in [-0.39, 0.29) is 12.1 Å². The number of nitrogen functional groups attached to an aromatic ring is 1. The summed E-state index contributed by atoms with van der Waals surface area (Å²) in [6, 6.07) is 3.32. The molecule has 1 aliphatic rings. The molecule has 0 saturated carbocycles. The van der Waals surface area contributed by atoms with E-state index in [1.165, 1.54) is 20.0 Å². The number of carbonyl (C=O) groups excluding carboxylic acids is 1.